The summed E-state index contributed by atoms with van der Waals surface area (Å²) in [4.78, 5) is 16.8. The molecular weight excluding hydrogens is 219 g/mol. The van der Waals surface area contributed by atoms with Gasteiger partial charge in [0.1, 0.15) is 11.6 Å². The van der Waals surface area contributed by atoms with Gasteiger partial charge in [0.05, 0.1) is 10.9 Å². The molecule has 1 aliphatic carbocycles. The van der Waals surface area contributed by atoms with E-state index in [1.807, 2.05) is 6.92 Å². The van der Waals surface area contributed by atoms with Gasteiger partial charge in [0.2, 0.25) is 0 Å². The number of aromatic nitrogens is 2. The van der Waals surface area contributed by atoms with Gasteiger partial charge in [0.25, 0.3) is 5.56 Å². The van der Waals surface area contributed by atoms with Crippen molar-refractivity contribution in [3.8, 4) is 0 Å². The lowest BCUT2D eigenvalue weighted by atomic mass is 10.2. The Morgan fingerprint density at radius 1 is 1.47 bits per heavy atom. The van der Waals surface area contributed by atoms with Gasteiger partial charge in [-0.15, -0.1) is 0 Å². The van der Waals surface area contributed by atoms with Crippen LogP contribution in [0.1, 0.15) is 31.6 Å². The van der Waals surface area contributed by atoms with Crippen molar-refractivity contribution < 1.29 is 4.39 Å². The standard InChI is InChI=1S/C13H13FN2O/c1-2-12-15-11-6-3-8(14)7-10(11)13(17)16(12)9-4-5-9/h3,6-7,9H,2,4-5H2,1H3. The average Bonchev–Trinajstić information content (AvgIpc) is 3.13. The molecule has 0 aliphatic heterocycles. The molecule has 0 amide bonds. The number of hydrogen-bond acceptors (Lipinski definition) is 2. The topological polar surface area (TPSA) is 34.9 Å². The maximum absolute atomic E-state index is 13.2. The van der Waals surface area contributed by atoms with Crippen LogP contribution in [0.15, 0.2) is 23.0 Å². The maximum atomic E-state index is 13.2. The lowest BCUT2D eigenvalue weighted by molar-refractivity contribution is 0.625. The van der Waals surface area contributed by atoms with Crippen molar-refractivity contribution in [1.29, 1.82) is 0 Å². The number of rotatable bonds is 2. The molecule has 1 fully saturated rings. The van der Waals surface area contributed by atoms with Crippen LogP contribution in [0.2, 0.25) is 0 Å². The van der Waals surface area contributed by atoms with Crippen LogP contribution in [0, 0.1) is 5.82 Å². The SMILES string of the molecule is CCc1nc2ccc(F)cc2c(=O)n1C1CC1. The maximum Gasteiger partial charge on any atom is 0.261 e. The van der Waals surface area contributed by atoms with Crippen molar-refractivity contribution in [2.24, 2.45) is 0 Å². The van der Waals surface area contributed by atoms with Crippen molar-refractivity contribution in [2.75, 3.05) is 0 Å². The van der Waals surface area contributed by atoms with E-state index in [1.54, 1.807) is 10.6 Å². The predicted molar refractivity (Wildman–Crippen MR) is 63.6 cm³/mol. The lowest BCUT2D eigenvalue weighted by Crippen LogP contribution is -2.24. The molecule has 1 aromatic heterocycles. The second-order valence-corrected chi connectivity index (χ2v) is 4.45. The van der Waals surface area contributed by atoms with E-state index in [0.29, 0.717) is 10.9 Å². The van der Waals surface area contributed by atoms with Gasteiger partial charge in [-0.25, -0.2) is 9.37 Å². The van der Waals surface area contributed by atoms with E-state index in [9.17, 15) is 9.18 Å². The minimum Gasteiger partial charge on any atom is -0.293 e. The van der Waals surface area contributed by atoms with Gasteiger partial charge >= 0.3 is 0 Å². The van der Waals surface area contributed by atoms with Gasteiger partial charge in [0, 0.05) is 12.5 Å². The first kappa shape index (κ1) is 10.4. The van der Waals surface area contributed by atoms with E-state index in [-0.39, 0.29) is 17.4 Å². The number of fused-ring (bicyclic) bond motifs is 1. The first-order valence-electron chi connectivity index (χ1n) is 5.91. The second-order valence-electron chi connectivity index (χ2n) is 4.45. The fourth-order valence-electron chi connectivity index (χ4n) is 2.18. The van der Waals surface area contributed by atoms with Crippen LogP contribution in [0.3, 0.4) is 0 Å². The minimum atomic E-state index is -0.386. The van der Waals surface area contributed by atoms with Crippen LogP contribution < -0.4 is 5.56 Å². The zero-order valence-electron chi connectivity index (χ0n) is 9.61. The third-order valence-electron chi connectivity index (χ3n) is 3.16. The van der Waals surface area contributed by atoms with Crippen molar-refractivity contribution in [2.45, 2.75) is 32.2 Å². The number of hydrogen-bond donors (Lipinski definition) is 0. The van der Waals surface area contributed by atoms with Crippen molar-refractivity contribution >= 4 is 10.9 Å². The molecule has 3 nitrogen and oxygen atoms in total. The van der Waals surface area contributed by atoms with E-state index >= 15 is 0 Å². The minimum absolute atomic E-state index is 0.103. The van der Waals surface area contributed by atoms with Crippen molar-refractivity contribution in [3.63, 3.8) is 0 Å². The molecule has 17 heavy (non-hydrogen) atoms. The summed E-state index contributed by atoms with van der Waals surface area (Å²) >= 11 is 0. The fourth-order valence-corrected chi connectivity index (χ4v) is 2.18. The van der Waals surface area contributed by atoms with Crippen LogP contribution in [0.25, 0.3) is 10.9 Å². The summed E-state index contributed by atoms with van der Waals surface area (Å²) in [5.74, 6) is 0.416. The Kier molecular flexibility index (Phi) is 2.24. The third kappa shape index (κ3) is 1.64. The smallest absolute Gasteiger partial charge is 0.261 e. The molecule has 88 valence electrons. The summed E-state index contributed by atoms with van der Waals surface area (Å²) in [6.45, 7) is 1.98. The van der Waals surface area contributed by atoms with E-state index in [0.717, 1.165) is 25.1 Å². The number of halogens is 1. The molecule has 3 rings (SSSR count). The number of aryl methyl sites for hydroxylation is 1. The largest absolute Gasteiger partial charge is 0.293 e. The lowest BCUT2D eigenvalue weighted by Gasteiger charge is -2.11. The first-order chi connectivity index (χ1) is 8.20. The van der Waals surface area contributed by atoms with E-state index < -0.39 is 0 Å². The highest BCUT2D eigenvalue weighted by atomic mass is 19.1. The fraction of sp³-hybridized carbons (Fsp3) is 0.385. The van der Waals surface area contributed by atoms with Gasteiger partial charge in [-0.1, -0.05) is 6.92 Å². The Hall–Kier alpha value is -1.71. The molecule has 2 aromatic rings. The summed E-state index contributed by atoms with van der Waals surface area (Å²) in [5, 5.41) is 0.383. The number of benzene rings is 1. The van der Waals surface area contributed by atoms with Crippen LogP contribution in [-0.4, -0.2) is 9.55 Å². The van der Waals surface area contributed by atoms with Crippen LogP contribution in [0.5, 0.6) is 0 Å². The van der Waals surface area contributed by atoms with E-state index in [4.69, 9.17) is 0 Å². The van der Waals surface area contributed by atoms with Crippen molar-refractivity contribution in [3.05, 3.63) is 40.2 Å². The Balaban J connectivity index is 2.37. The Labute approximate surface area is 97.9 Å². The van der Waals surface area contributed by atoms with Crippen LogP contribution in [0.4, 0.5) is 4.39 Å². The molecule has 0 saturated heterocycles. The molecule has 0 N–H and O–H groups in total. The Morgan fingerprint density at radius 2 is 2.24 bits per heavy atom. The van der Waals surface area contributed by atoms with E-state index in [1.165, 1.54) is 12.1 Å². The summed E-state index contributed by atoms with van der Waals surface area (Å²) in [6, 6.07) is 4.47. The zero-order chi connectivity index (χ0) is 12.0. The molecule has 0 radical (unpaired) electrons. The molecule has 1 aromatic carbocycles. The highest BCUT2D eigenvalue weighted by Gasteiger charge is 2.27. The summed E-state index contributed by atoms with van der Waals surface area (Å²) < 4.78 is 14.9. The average molecular weight is 232 g/mol. The van der Waals surface area contributed by atoms with Gasteiger partial charge < -0.3 is 0 Å². The molecule has 0 bridgehead atoms. The van der Waals surface area contributed by atoms with E-state index in [2.05, 4.69) is 4.98 Å². The molecule has 1 saturated carbocycles. The van der Waals surface area contributed by atoms with Gasteiger partial charge in [0.15, 0.2) is 0 Å². The Morgan fingerprint density at radius 3 is 2.88 bits per heavy atom. The summed E-state index contributed by atoms with van der Waals surface area (Å²) in [7, 11) is 0. The highest BCUT2D eigenvalue weighted by Crippen LogP contribution is 2.34. The van der Waals surface area contributed by atoms with Crippen molar-refractivity contribution in [1.82, 2.24) is 9.55 Å². The molecule has 1 aliphatic rings. The second kappa shape index (κ2) is 3.65. The Bertz CT molecular complexity index is 644. The quantitative estimate of drug-likeness (QED) is 0.797. The number of nitrogens with zero attached hydrogens (tertiary/aromatic N) is 2. The summed E-state index contributed by atoms with van der Waals surface area (Å²) in [5.41, 5.74) is 0.485. The monoisotopic (exact) mass is 232 g/mol. The summed E-state index contributed by atoms with van der Waals surface area (Å²) in [6.07, 6.45) is 2.77. The van der Waals surface area contributed by atoms with Crippen LogP contribution in [-0.2, 0) is 6.42 Å². The molecule has 0 atom stereocenters. The van der Waals surface area contributed by atoms with Gasteiger partial charge in [-0.2, -0.15) is 0 Å². The van der Waals surface area contributed by atoms with Gasteiger partial charge in [-0.05, 0) is 31.0 Å². The third-order valence-corrected chi connectivity index (χ3v) is 3.16. The van der Waals surface area contributed by atoms with Crippen LogP contribution >= 0.6 is 0 Å². The molecule has 4 heteroatoms. The predicted octanol–water partition coefficient (Wildman–Crippen LogP) is 2.43. The van der Waals surface area contributed by atoms with Gasteiger partial charge in [-0.3, -0.25) is 9.36 Å². The normalized spacial score (nSPS) is 15.4. The molecular formula is C13H13FN2O. The molecule has 0 unspecified atom stereocenters. The zero-order valence-corrected chi connectivity index (χ0v) is 9.61. The first-order valence-corrected chi connectivity index (χ1v) is 5.91. The molecule has 0 spiro atoms. The molecule has 1 heterocycles. The highest BCUT2D eigenvalue weighted by molar-refractivity contribution is 5.77.